The van der Waals surface area contributed by atoms with E-state index in [0.717, 1.165) is 17.6 Å². The maximum Gasteiger partial charge on any atom is 0.325 e. The SMILES string of the molecule is COC(=O)Cn1c(=NC(=O)c2cccc(NS(=O)(=O)c3ccc(Cl)cc3)c2)sc2cc(S(C)(=O)=O)ccc21. The molecule has 0 aliphatic heterocycles. The van der Waals surface area contributed by atoms with E-state index in [-0.39, 0.29) is 32.4 Å². The van der Waals surface area contributed by atoms with E-state index < -0.39 is 31.7 Å². The van der Waals surface area contributed by atoms with Crippen molar-refractivity contribution in [2.24, 2.45) is 4.99 Å². The maximum atomic E-state index is 13.1. The molecule has 0 unspecified atom stereocenters. The third-order valence-corrected chi connectivity index (χ3v) is 9.08. The van der Waals surface area contributed by atoms with Crippen LogP contribution in [-0.4, -0.2) is 46.6 Å². The van der Waals surface area contributed by atoms with E-state index >= 15 is 0 Å². The van der Waals surface area contributed by atoms with Gasteiger partial charge in [-0.1, -0.05) is 29.0 Å². The second-order valence-electron chi connectivity index (χ2n) is 8.01. The number of sulfone groups is 1. The molecule has 4 aromatic rings. The van der Waals surface area contributed by atoms with E-state index in [2.05, 4.69) is 9.71 Å². The highest BCUT2D eigenvalue weighted by atomic mass is 35.5. The molecule has 14 heteroatoms. The second-order valence-corrected chi connectivity index (χ2v) is 13.1. The monoisotopic (exact) mass is 593 g/mol. The lowest BCUT2D eigenvalue weighted by atomic mass is 10.2. The summed E-state index contributed by atoms with van der Waals surface area (Å²) in [7, 11) is -6.21. The van der Waals surface area contributed by atoms with Crippen molar-refractivity contribution in [1.82, 2.24) is 4.57 Å². The number of sulfonamides is 1. The van der Waals surface area contributed by atoms with Gasteiger partial charge in [-0.05, 0) is 60.7 Å². The fourth-order valence-electron chi connectivity index (χ4n) is 3.41. The number of ether oxygens (including phenoxy) is 1. The van der Waals surface area contributed by atoms with Gasteiger partial charge in [0.05, 0.1) is 27.1 Å². The normalized spacial score (nSPS) is 12.4. The molecule has 38 heavy (non-hydrogen) atoms. The van der Waals surface area contributed by atoms with Gasteiger partial charge < -0.3 is 9.30 Å². The molecule has 1 amide bonds. The molecule has 0 aliphatic rings. The second kappa shape index (κ2) is 10.7. The number of benzene rings is 3. The number of carbonyl (C=O) groups excluding carboxylic acids is 2. The van der Waals surface area contributed by atoms with Crippen molar-refractivity contribution in [2.75, 3.05) is 18.1 Å². The third-order valence-electron chi connectivity index (χ3n) is 5.28. The van der Waals surface area contributed by atoms with E-state index in [1.807, 2.05) is 0 Å². The van der Waals surface area contributed by atoms with Gasteiger partial charge in [0.15, 0.2) is 14.6 Å². The van der Waals surface area contributed by atoms with Crippen LogP contribution in [0.5, 0.6) is 0 Å². The molecule has 0 saturated carbocycles. The fraction of sp³-hybridized carbons (Fsp3) is 0.125. The average Bonchev–Trinajstić information content (AvgIpc) is 3.19. The Labute approximate surface area is 227 Å². The van der Waals surface area contributed by atoms with Gasteiger partial charge in [-0.25, -0.2) is 16.8 Å². The van der Waals surface area contributed by atoms with Crippen LogP contribution in [0.15, 0.2) is 81.5 Å². The average molecular weight is 594 g/mol. The van der Waals surface area contributed by atoms with Crippen molar-refractivity contribution in [1.29, 1.82) is 0 Å². The van der Waals surface area contributed by atoms with Crippen molar-refractivity contribution >= 4 is 70.6 Å². The molecular formula is C24H20ClN3O7S3. The number of amides is 1. The molecule has 1 N–H and O–H groups in total. The van der Waals surface area contributed by atoms with Crippen LogP contribution in [-0.2, 0) is 35.9 Å². The quantitative estimate of drug-likeness (QED) is 0.323. The summed E-state index contributed by atoms with van der Waals surface area (Å²) in [6.07, 6.45) is 1.08. The zero-order valence-electron chi connectivity index (χ0n) is 19.9. The highest BCUT2D eigenvalue weighted by Gasteiger charge is 2.17. The molecule has 4 rings (SSSR count). The van der Waals surface area contributed by atoms with Crippen molar-refractivity contribution in [3.05, 3.63) is 82.1 Å². The Balaban J connectivity index is 1.72. The minimum atomic E-state index is -3.94. The number of halogens is 1. The number of carbonyl (C=O) groups is 2. The Hall–Kier alpha value is -3.52. The summed E-state index contributed by atoms with van der Waals surface area (Å²) in [5, 5.41) is 0.386. The number of thiazole rings is 1. The highest BCUT2D eigenvalue weighted by molar-refractivity contribution is 7.92. The van der Waals surface area contributed by atoms with E-state index in [1.165, 1.54) is 78.4 Å². The van der Waals surface area contributed by atoms with Crippen molar-refractivity contribution in [2.45, 2.75) is 16.3 Å². The Morgan fingerprint density at radius 3 is 2.34 bits per heavy atom. The maximum absolute atomic E-state index is 13.1. The zero-order valence-corrected chi connectivity index (χ0v) is 23.1. The standard InChI is InChI=1S/C24H20ClN3O7S3/c1-35-22(29)14-28-20-11-10-19(37(2,31)32)13-21(20)36-24(28)26-23(30)15-4-3-5-17(12-15)27-38(33,34)18-8-6-16(25)7-9-18/h3-13,27H,14H2,1-2H3. The van der Waals surface area contributed by atoms with E-state index in [0.29, 0.717) is 15.2 Å². The summed E-state index contributed by atoms with van der Waals surface area (Å²) >= 11 is 6.85. The molecule has 3 aromatic carbocycles. The Kier molecular flexibility index (Phi) is 7.74. The van der Waals surface area contributed by atoms with Gasteiger partial charge in [0.2, 0.25) is 0 Å². The molecule has 0 bridgehead atoms. The van der Waals surface area contributed by atoms with Gasteiger partial charge in [0, 0.05) is 22.5 Å². The summed E-state index contributed by atoms with van der Waals surface area (Å²) in [6.45, 7) is -0.262. The van der Waals surface area contributed by atoms with Crippen molar-refractivity contribution in [3.63, 3.8) is 0 Å². The van der Waals surface area contributed by atoms with Crippen LogP contribution in [0.3, 0.4) is 0 Å². The van der Waals surface area contributed by atoms with Crippen LogP contribution in [0.1, 0.15) is 10.4 Å². The van der Waals surface area contributed by atoms with E-state index in [4.69, 9.17) is 16.3 Å². The lowest BCUT2D eigenvalue weighted by Crippen LogP contribution is -2.22. The number of hydrogen-bond donors (Lipinski definition) is 1. The molecular weight excluding hydrogens is 574 g/mol. The third kappa shape index (κ3) is 6.13. The predicted octanol–water partition coefficient (Wildman–Crippen LogP) is 3.47. The van der Waals surface area contributed by atoms with E-state index in [9.17, 15) is 26.4 Å². The predicted molar refractivity (Wildman–Crippen MR) is 144 cm³/mol. The molecule has 0 fully saturated rings. The molecule has 0 spiro atoms. The number of methoxy groups -OCH3 is 1. The van der Waals surface area contributed by atoms with Gasteiger partial charge in [-0.3, -0.25) is 14.3 Å². The lowest BCUT2D eigenvalue weighted by Gasteiger charge is -2.09. The smallest absolute Gasteiger partial charge is 0.325 e. The lowest BCUT2D eigenvalue weighted by molar-refractivity contribution is -0.141. The van der Waals surface area contributed by atoms with Gasteiger partial charge >= 0.3 is 5.97 Å². The molecule has 0 radical (unpaired) electrons. The number of hydrogen-bond acceptors (Lipinski definition) is 8. The van der Waals surface area contributed by atoms with Crippen LogP contribution in [0.4, 0.5) is 5.69 Å². The number of esters is 1. The molecule has 198 valence electrons. The van der Waals surface area contributed by atoms with E-state index in [1.54, 1.807) is 0 Å². The Bertz CT molecular complexity index is 1840. The number of nitrogens with zero attached hydrogens (tertiary/aromatic N) is 2. The fourth-order valence-corrected chi connectivity index (χ4v) is 6.38. The molecule has 0 aliphatic carbocycles. The summed E-state index contributed by atoms with van der Waals surface area (Å²) < 4.78 is 58.5. The summed E-state index contributed by atoms with van der Waals surface area (Å²) in [5.41, 5.74) is 0.710. The molecule has 1 heterocycles. The number of fused-ring (bicyclic) bond motifs is 1. The minimum Gasteiger partial charge on any atom is -0.468 e. The van der Waals surface area contributed by atoms with Gasteiger partial charge in [-0.2, -0.15) is 4.99 Å². The van der Waals surface area contributed by atoms with Crippen LogP contribution < -0.4 is 9.52 Å². The Morgan fingerprint density at radius 1 is 1.00 bits per heavy atom. The van der Waals surface area contributed by atoms with Gasteiger partial charge in [0.1, 0.15) is 6.54 Å². The first-order valence-corrected chi connectivity index (χ1v) is 15.3. The molecule has 0 atom stereocenters. The first-order chi connectivity index (χ1) is 17.9. The number of anilines is 1. The van der Waals surface area contributed by atoms with Gasteiger partial charge in [0.25, 0.3) is 15.9 Å². The summed E-state index contributed by atoms with van der Waals surface area (Å²) in [5.74, 6) is -1.30. The van der Waals surface area contributed by atoms with Crippen LogP contribution in [0.2, 0.25) is 5.02 Å². The van der Waals surface area contributed by atoms with Gasteiger partial charge in [-0.15, -0.1) is 0 Å². The molecule has 0 saturated heterocycles. The van der Waals surface area contributed by atoms with Crippen LogP contribution in [0.25, 0.3) is 10.2 Å². The summed E-state index contributed by atoms with van der Waals surface area (Å²) in [6, 6.07) is 15.7. The van der Waals surface area contributed by atoms with Crippen molar-refractivity contribution < 1.29 is 31.2 Å². The topological polar surface area (TPSA) is 141 Å². The van der Waals surface area contributed by atoms with Crippen LogP contribution in [0, 0.1) is 0 Å². The zero-order chi connectivity index (χ0) is 27.7. The van der Waals surface area contributed by atoms with Crippen LogP contribution >= 0.6 is 22.9 Å². The van der Waals surface area contributed by atoms with Crippen molar-refractivity contribution in [3.8, 4) is 0 Å². The minimum absolute atomic E-state index is 0.00842. The molecule has 10 nitrogen and oxygen atoms in total. The number of nitrogens with one attached hydrogen (secondary N) is 1. The number of aromatic nitrogens is 1. The number of rotatable bonds is 7. The molecule has 1 aromatic heterocycles. The Morgan fingerprint density at radius 2 is 1.68 bits per heavy atom. The first kappa shape index (κ1) is 27.5. The first-order valence-electron chi connectivity index (χ1n) is 10.8. The largest absolute Gasteiger partial charge is 0.468 e. The summed E-state index contributed by atoms with van der Waals surface area (Å²) in [4.78, 5) is 29.5. The highest BCUT2D eigenvalue weighted by Crippen LogP contribution is 2.23.